The Balaban J connectivity index is 2.40. The zero-order valence-corrected chi connectivity index (χ0v) is 11.4. The summed E-state index contributed by atoms with van der Waals surface area (Å²) in [5.41, 5.74) is 0.644. The first-order chi connectivity index (χ1) is 8.47. The van der Waals surface area contributed by atoms with Crippen LogP contribution >= 0.6 is 0 Å². The molecule has 1 atom stereocenters. The van der Waals surface area contributed by atoms with Gasteiger partial charge in [-0.2, -0.15) is 0 Å². The second kappa shape index (κ2) is 7.26. The molecule has 5 heteroatoms. The van der Waals surface area contributed by atoms with Crippen molar-refractivity contribution < 1.29 is 13.4 Å². The number of benzene rings is 1. The molecule has 0 spiro atoms. The molecule has 0 fully saturated rings. The molecule has 100 valence electrons. The zero-order valence-electron chi connectivity index (χ0n) is 10.6. The maximum atomic E-state index is 12.9. The summed E-state index contributed by atoms with van der Waals surface area (Å²) in [6.45, 7) is 4.56. The van der Waals surface area contributed by atoms with Gasteiger partial charge in [0, 0.05) is 23.1 Å². The van der Waals surface area contributed by atoms with Gasteiger partial charge in [-0.25, -0.2) is 4.39 Å². The minimum atomic E-state index is -1.30. The van der Waals surface area contributed by atoms with E-state index in [1.165, 1.54) is 12.1 Å². The minimum Gasteiger partial charge on any atom is -0.355 e. The molecule has 0 heterocycles. The van der Waals surface area contributed by atoms with Crippen LogP contribution < -0.4 is 5.32 Å². The summed E-state index contributed by atoms with van der Waals surface area (Å²) in [5, 5.41) is 2.70. The summed E-state index contributed by atoms with van der Waals surface area (Å²) in [5.74, 6) is -0.0476. The predicted octanol–water partition coefficient (Wildman–Crippen LogP) is 1.85. The van der Waals surface area contributed by atoms with E-state index < -0.39 is 10.8 Å². The van der Waals surface area contributed by atoms with Crippen molar-refractivity contribution in [2.45, 2.75) is 19.6 Å². The maximum absolute atomic E-state index is 12.9. The summed E-state index contributed by atoms with van der Waals surface area (Å²) in [4.78, 5) is 11.4. The summed E-state index contributed by atoms with van der Waals surface area (Å²) < 4.78 is 24.6. The number of hydrogen-bond donors (Lipinski definition) is 1. The number of halogens is 1. The number of carbonyl (C=O) groups excluding carboxylic acids is 1. The van der Waals surface area contributed by atoms with Crippen LogP contribution in [0.15, 0.2) is 24.3 Å². The second-order valence-electron chi connectivity index (χ2n) is 4.56. The third-order valence-electron chi connectivity index (χ3n) is 2.22. The molecule has 1 rings (SSSR count). The minimum absolute atomic E-state index is 0.0385. The summed E-state index contributed by atoms with van der Waals surface area (Å²) >= 11 is 0. The van der Waals surface area contributed by atoms with Gasteiger partial charge < -0.3 is 5.32 Å². The third-order valence-corrected chi connectivity index (χ3v) is 3.46. The highest BCUT2D eigenvalue weighted by atomic mass is 32.2. The Morgan fingerprint density at radius 2 is 2.17 bits per heavy atom. The summed E-state index contributed by atoms with van der Waals surface area (Å²) in [6.07, 6.45) is 0. The van der Waals surface area contributed by atoms with Crippen molar-refractivity contribution in [3.05, 3.63) is 35.6 Å². The highest BCUT2D eigenvalue weighted by Crippen LogP contribution is 2.06. The van der Waals surface area contributed by atoms with Crippen LogP contribution in [0.4, 0.5) is 4.39 Å². The maximum Gasteiger partial charge on any atom is 0.232 e. The molecule has 0 aliphatic heterocycles. The Labute approximate surface area is 109 Å². The Kier molecular flexibility index (Phi) is 5.98. The van der Waals surface area contributed by atoms with Crippen molar-refractivity contribution in [3.63, 3.8) is 0 Å². The van der Waals surface area contributed by atoms with Crippen LogP contribution in [0.25, 0.3) is 0 Å². The Morgan fingerprint density at radius 1 is 1.44 bits per heavy atom. The van der Waals surface area contributed by atoms with E-state index in [4.69, 9.17) is 0 Å². The lowest BCUT2D eigenvalue weighted by Crippen LogP contribution is -2.31. The van der Waals surface area contributed by atoms with Gasteiger partial charge >= 0.3 is 0 Å². The summed E-state index contributed by atoms with van der Waals surface area (Å²) in [6, 6.07) is 5.94. The monoisotopic (exact) mass is 271 g/mol. The van der Waals surface area contributed by atoms with Crippen molar-refractivity contribution in [2.75, 3.05) is 12.3 Å². The van der Waals surface area contributed by atoms with Crippen molar-refractivity contribution in [2.24, 2.45) is 5.92 Å². The van der Waals surface area contributed by atoms with E-state index in [2.05, 4.69) is 5.32 Å². The molecule has 1 unspecified atom stereocenters. The molecule has 0 aliphatic rings. The molecule has 0 saturated heterocycles. The van der Waals surface area contributed by atoms with Crippen molar-refractivity contribution in [1.82, 2.24) is 5.32 Å². The molecule has 1 aromatic carbocycles. The smallest absolute Gasteiger partial charge is 0.232 e. The lowest BCUT2D eigenvalue weighted by Gasteiger charge is -2.07. The average molecular weight is 271 g/mol. The van der Waals surface area contributed by atoms with Crippen molar-refractivity contribution in [3.8, 4) is 0 Å². The Bertz CT molecular complexity index is 435. The molecule has 1 amide bonds. The number of amides is 1. The fourth-order valence-corrected chi connectivity index (χ4v) is 2.43. The molecular weight excluding hydrogens is 253 g/mol. The van der Waals surface area contributed by atoms with E-state index in [0.29, 0.717) is 18.0 Å². The quantitative estimate of drug-likeness (QED) is 0.858. The number of hydrogen-bond acceptors (Lipinski definition) is 2. The molecule has 0 saturated carbocycles. The first-order valence-corrected chi connectivity index (χ1v) is 7.32. The molecule has 1 aromatic rings. The Morgan fingerprint density at radius 3 is 2.78 bits per heavy atom. The molecule has 18 heavy (non-hydrogen) atoms. The number of carbonyl (C=O) groups is 1. The predicted molar refractivity (Wildman–Crippen MR) is 71.0 cm³/mol. The first-order valence-electron chi connectivity index (χ1n) is 5.83. The number of nitrogens with one attached hydrogen (secondary N) is 1. The molecule has 0 bridgehead atoms. The van der Waals surface area contributed by atoms with Gasteiger partial charge in [0.25, 0.3) is 0 Å². The third kappa shape index (κ3) is 5.91. The van der Waals surface area contributed by atoms with Crippen LogP contribution in [0.5, 0.6) is 0 Å². The standard InChI is InChI=1S/C13H18FNO2S/c1-10(2)7-15-13(16)9-18(17)8-11-4-3-5-12(14)6-11/h3-6,10H,7-9H2,1-2H3,(H,15,16). The van der Waals surface area contributed by atoms with Gasteiger partial charge in [-0.3, -0.25) is 9.00 Å². The fraction of sp³-hybridized carbons (Fsp3) is 0.462. The average Bonchev–Trinajstić information content (AvgIpc) is 2.26. The highest BCUT2D eigenvalue weighted by Gasteiger charge is 2.09. The molecular formula is C13H18FNO2S. The van der Waals surface area contributed by atoms with E-state index in [1.807, 2.05) is 13.8 Å². The zero-order chi connectivity index (χ0) is 13.5. The lowest BCUT2D eigenvalue weighted by molar-refractivity contribution is -0.118. The first kappa shape index (κ1) is 14.8. The van der Waals surface area contributed by atoms with E-state index in [-0.39, 0.29) is 23.2 Å². The van der Waals surface area contributed by atoms with Gasteiger partial charge in [-0.15, -0.1) is 0 Å². The van der Waals surface area contributed by atoms with Crippen LogP contribution in [-0.4, -0.2) is 22.4 Å². The molecule has 0 aliphatic carbocycles. The van der Waals surface area contributed by atoms with Crippen LogP contribution in [0.1, 0.15) is 19.4 Å². The number of rotatable bonds is 6. The lowest BCUT2D eigenvalue weighted by atomic mass is 10.2. The van der Waals surface area contributed by atoms with Crippen LogP contribution in [0.3, 0.4) is 0 Å². The van der Waals surface area contributed by atoms with Gasteiger partial charge in [0.15, 0.2) is 0 Å². The van der Waals surface area contributed by atoms with E-state index in [1.54, 1.807) is 12.1 Å². The SMILES string of the molecule is CC(C)CNC(=O)CS(=O)Cc1cccc(F)c1. The molecule has 0 aromatic heterocycles. The Hall–Kier alpha value is -1.23. The van der Waals surface area contributed by atoms with Gasteiger partial charge in [-0.1, -0.05) is 26.0 Å². The largest absolute Gasteiger partial charge is 0.355 e. The summed E-state index contributed by atoms with van der Waals surface area (Å²) in [7, 11) is -1.30. The molecule has 0 radical (unpaired) electrons. The van der Waals surface area contributed by atoms with Crippen LogP contribution in [0.2, 0.25) is 0 Å². The van der Waals surface area contributed by atoms with Gasteiger partial charge in [0.2, 0.25) is 5.91 Å². The van der Waals surface area contributed by atoms with Gasteiger partial charge in [-0.05, 0) is 23.6 Å². The van der Waals surface area contributed by atoms with E-state index in [0.717, 1.165) is 0 Å². The van der Waals surface area contributed by atoms with Crippen LogP contribution in [-0.2, 0) is 21.3 Å². The van der Waals surface area contributed by atoms with Crippen molar-refractivity contribution >= 4 is 16.7 Å². The van der Waals surface area contributed by atoms with Crippen LogP contribution in [0, 0.1) is 11.7 Å². The topological polar surface area (TPSA) is 46.2 Å². The van der Waals surface area contributed by atoms with Gasteiger partial charge in [0.05, 0.1) is 0 Å². The van der Waals surface area contributed by atoms with Crippen molar-refractivity contribution in [1.29, 1.82) is 0 Å². The van der Waals surface area contributed by atoms with E-state index in [9.17, 15) is 13.4 Å². The highest BCUT2D eigenvalue weighted by molar-refractivity contribution is 7.84. The fourth-order valence-electron chi connectivity index (χ4n) is 1.38. The normalized spacial score (nSPS) is 12.4. The second-order valence-corrected chi connectivity index (χ2v) is 6.01. The van der Waals surface area contributed by atoms with E-state index >= 15 is 0 Å². The molecule has 3 nitrogen and oxygen atoms in total. The molecule has 1 N–H and O–H groups in total. The van der Waals surface area contributed by atoms with Gasteiger partial charge in [0.1, 0.15) is 11.6 Å².